The molecule has 6 nitrogen and oxygen atoms in total. The van der Waals surface area contributed by atoms with Crippen molar-refractivity contribution in [2.75, 3.05) is 4.81 Å². The minimum atomic E-state index is -2.54. The molecular formula is C59H46BN5OPt. The van der Waals surface area contributed by atoms with Gasteiger partial charge >= 0.3 is 325 Å². The van der Waals surface area contributed by atoms with E-state index >= 15 is 0 Å². The van der Waals surface area contributed by atoms with Gasteiger partial charge < -0.3 is 0 Å². The predicted octanol–water partition coefficient (Wildman–Crippen LogP) is 14.1. The van der Waals surface area contributed by atoms with E-state index in [1.807, 2.05) is 94.2 Å². The molecule has 0 N–H and O–H groups in total. The Kier molecular flexibility index (Phi) is 8.18. The molecule has 3 aromatic heterocycles. The molecule has 1 aliphatic rings. The molecule has 0 amide bonds. The molecular weight excluding hydrogens is 1000 g/mol. The van der Waals surface area contributed by atoms with Crippen LogP contribution in [0.3, 0.4) is 0 Å². The average molecular weight is 1050 g/mol. The Morgan fingerprint density at radius 2 is 1.30 bits per heavy atom. The van der Waals surface area contributed by atoms with Crippen molar-refractivity contribution < 1.29 is 33.7 Å². The van der Waals surface area contributed by atoms with E-state index < -0.39 is 13.8 Å². The minimum absolute atomic E-state index is 0.0108. The van der Waals surface area contributed by atoms with E-state index in [4.69, 9.17) is 19.3 Å². The number of aryl methyl sites for hydroxylation is 1. The molecule has 11 aromatic rings. The van der Waals surface area contributed by atoms with Crippen LogP contribution in [0.25, 0.3) is 66.5 Å². The van der Waals surface area contributed by atoms with Crippen LogP contribution in [0.1, 0.15) is 41.5 Å². The van der Waals surface area contributed by atoms with Crippen LogP contribution < -0.4 is 15.0 Å². The molecule has 8 aromatic carbocycles. The third-order valence-corrected chi connectivity index (χ3v) is 13.8. The van der Waals surface area contributed by atoms with E-state index in [1.165, 1.54) is 5.56 Å². The van der Waals surface area contributed by atoms with Gasteiger partial charge in [-0.15, -0.1) is 0 Å². The van der Waals surface area contributed by atoms with Crippen molar-refractivity contribution >= 4 is 56.8 Å². The monoisotopic (exact) mass is 1050 g/mol. The quantitative estimate of drug-likeness (QED) is 0.142. The van der Waals surface area contributed by atoms with E-state index in [0.29, 0.717) is 27.8 Å². The molecule has 0 unspecified atom stereocenters. The second kappa shape index (κ2) is 16.1. The van der Waals surface area contributed by atoms with Gasteiger partial charge in [-0.25, -0.2) is 0 Å². The fraction of sp³-hybridized carbons (Fsp3) is 0.0847. The number of hydrogen-bond acceptors (Lipinski definition) is 3. The summed E-state index contributed by atoms with van der Waals surface area (Å²) in [5.74, 6) is 0.767. The predicted molar refractivity (Wildman–Crippen MR) is 273 cm³/mol. The van der Waals surface area contributed by atoms with Crippen LogP contribution in [0.2, 0.25) is 0 Å². The number of ether oxygens (including phenoxy) is 1. The molecule has 0 atom stereocenters. The van der Waals surface area contributed by atoms with E-state index in [-0.39, 0.29) is 46.8 Å². The first kappa shape index (κ1) is 33.9. The molecule has 67 heavy (non-hydrogen) atoms. The zero-order valence-corrected chi connectivity index (χ0v) is 39.1. The summed E-state index contributed by atoms with van der Waals surface area (Å²) in [4.78, 5) is 7.14. The number of rotatable bonds is 8. The summed E-state index contributed by atoms with van der Waals surface area (Å²) in [7, 11) is 0. The molecule has 0 saturated carbocycles. The van der Waals surface area contributed by atoms with Crippen LogP contribution in [-0.4, -0.2) is 25.6 Å². The zero-order chi connectivity index (χ0) is 51.4. The molecule has 0 spiro atoms. The molecule has 0 aliphatic carbocycles. The van der Waals surface area contributed by atoms with Crippen molar-refractivity contribution in [1.29, 1.82) is 0 Å². The Morgan fingerprint density at radius 1 is 0.627 bits per heavy atom. The maximum absolute atomic E-state index is 9.16. The topological polar surface area (TPSA) is 40.1 Å². The third kappa shape index (κ3) is 6.83. The summed E-state index contributed by atoms with van der Waals surface area (Å²) in [6.45, 7) is 3.51. The number of nitrogens with zero attached hydrogens (tertiary/aromatic N) is 5. The van der Waals surface area contributed by atoms with Crippen molar-refractivity contribution in [1.82, 2.24) is 18.6 Å². The van der Waals surface area contributed by atoms with Gasteiger partial charge in [0.25, 0.3) is 0 Å². The normalized spacial score (nSPS) is 14.2. The van der Waals surface area contributed by atoms with E-state index in [2.05, 4.69) is 128 Å². The average Bonchev–Trinajstić information content (AvgIpc) is 4.05. The van der Waals surface area contributed by atoms with Crippen molar-refractivity contribution in [3.8, 4) is 45.3 Å². The van der Waals surface area contributed by atoms with Crippen LogP contribution in [0, 0.1) is 10.7 Å². The summed E-state index contributed by atoms with van der Waals surface area (Å²) in [6.07, 6.45) is 0. The first-order chi connectivity index (χ1) is 35.6. The van der Waals surface area contributed by atoms with Gasteiger partial charge in [-0.2, -0.15) is 0 Å². The van der Waals surface area contributed by atoms with Gasteiger partial charge in [0.05, 0.1) is 5.48 Å². The van der Waals surface area contributed by atoms with E-state index in [9.17, 15) is 0 Å². The van der Waals surface area contributed by atoms with Gasteiger partial charge in [-0.1, -0.05) is 60.6 Å². The number of para-hydroxylation sites is 5. The van der Waals surface area contributed by atoms with Crippen LogP contribution >= 0.6 is 0 Å². The van der Waals surface area contributed by atoms with E-state index in [0.717, 1.165) is 59.4 Å². The van der Waals surface area contributed by atoms with Gasteiger partial charge in [0.2, 0.25) is 0 Å². The third-order valence-electron chi connectivity index (χ3n) is 12.8. The fourth-order valence-corrected chi connectivity index (χ4v) is 10.8. The Morgan fingerprint density at radius 3 is 2.04 bits per heavy atom. The number of imidazole rings is 1. The van der Waals surface area contributed by atoms with Crippen LogP contribution in [0.4, 0.5) is 11.5 Å². The molecule has 326 valence electrons. The molecule has 8 heteroatoms. The zero-order valence-electron chi connectivity index (χ0n) is 43.9. The molecule has 4 heterocycles. The summed E-state index contributed by atoms with van der Waals surface area (Å²) >= 11 is 2.38. The SMILES string of the molecule is [2H]c1c([2H])c([2H])c2c(c1[2H])c1cccc3c1n2B(c1ccccc1)N3c1cccc(Oc2cc(-n3[c](=[Pt])n(-c4c(-c5ccccc5)cccc4-c4ccc(C(C)(C)C)cc4)c4ccccc43)ccc2C([2H])([2H])[2H])n1. The summed E-state index contributed by atoms with van der Waals surface area (Å²) in [6, 6.07) is 59.2. The van der Waals surface area contributed by atoms with Gasteiger partial charge in [0, 0.05) is 16.3 Å². The molecule has 1 aliphatic heterocycles. The Balaban J connectivity index is 1.01. The molecule has 0 fully saturated rings. The Bertz CT molecular complexity index is 4110. The van der Waals surface area contributed by atoms with Crippen LogP contribution in [0.15, 0.2) is 206 Å². The number of benzene rings is 8. The molecule has 0 radical (unpaired) electrons. The first-order valence-electron chi connectivity index (χ1n) is 25.7. The van der Waals surface area contributed by atoms with Crippen LogP contribution in [-0.2, 0) is 24.8 Å². The number of fused-ring (bicyclic) bond motifs is 4. The van der Waals surface area contributed by atoms with Crippen LogP contribution in [0.5, 0.6) is 11.6 Å². The number of aromatic nitrogens is 4. The summed E-state index contributed by atoms with van der Waals surface area (Å²) in [5, 5.41) is 1.15. The van der Waals surface area contributed by atoms with Crippen molar-refractivity contribution in [3.63, 3.8) is 0 Å². The van der Waals surface area contributed by atoms with Gasteiger partial charge in [-0.3, -0.25) is 0 Å². The summed E-state index contributed by atoms with van der Waals surface area (Å²) in [5.41, 5.74) is 11.8. The number of pyridine rings is 1. The standard InChI is InChI=1S/C59H46BN5O.Pt/c1-40-32-37-45(62-39-63(52-28-14-13-27-51(52)62)57-46(41-18-7-5-8-19-41)23-15-24-47(57)42-33-35-43(36-34-42)59(2,3)4)38-54(40)66-56-31-17-30-55(61-56)64-53-29-16-25-49-48-22-11-12-26-50(48)65(58(49)53)60(64)44-20-9-6-10-21-44;/h5-38H,1-4H3;/i1D3,11D,12D,22D,26D;. The molecule has 0 bridgehead atoms. The van der Waals surface area contributed by atoms with E-state index in [1.54, 1.807) is 18.2 Å². The van der Waals surface area contributed by atoms with Gasteiger partial charge in [0.15, 0.2) is 0 Å². The first-order valence-corrected chi connectivity index (χ1v) is 23.4. The number of anilines is 2. The number of hydrogen-bond donors (Lipinski definition) is 0. The van der Waals surface area contributed by atoms with Gasteiger partial charge in [-0.05, 0) is 6.04 Å². The Labute approximate surface area is 411 Å². The fourth-order valence-electron chi connectivity index (χ4n) is 9.67. The Hall–Kier alpha value is -7.47. The maximum atomic E-state index is 9.16. The molecule has 12 rings (SSSR count). The second-order valence-corrected chi connectivity index (χ2v) is 18.9. The van der Waals surface area contributed by atoms with Crippen molar-refractivity contribution in [2.24, 2.45) is 0 Å². The summed E-state index contributed by atoms with van der Waals surface area (Å²) < 4.78 is 75.4. The molecule has 0 saturated heterocycles. The van der Waals surface area contributed by atoms with Crippen molar-refractivity contribution in [2.45, 2.75) is 33.0 Å². The van der Waals surface area contributed by atoms with Gasteiger partial charge in [0.1, 0.15) is 0 Å². The second-order valence-electron chi connectivity index (χ2n) is 17.8. The van der Waals surface area contributed by atoms with Crippen molar-refractivity contribution in [3.05, 3.63) is 221 Å².